The highest BCUT2D eigenvalue weighted by Gasteiger charge is 2.35. The van der Waals surface area contributed by atoms with Crippen LogP contribution in [0.1, 0.15) is 16.8 Å². The molecule has 1 aliphatic rings. The second-order valence-electron chi connectivity index (χ2n) is 7.54. The lowest BCUT2D eigenvalue weighted by molar-refractivity contribution is -0.123. The second kappa shape index (κ2) is 7.93. The summed E-state index contributed by atoms with van der Waals surface area (Å²) in [4.78, 5) is 27.5. The predicted molar refractivity (Wildman–Crippen MR) is 126 cm³/mol. The fourth-order valence-electron chi connectivity index (χ4n) is 3.82. The molecule has 1 saturated heterocycles. The lowest BCUT2D eigenvalue weighted by Crippen LogP contribution is -2.27. The quantitative estimate of drug-likeness (QED) is 0.368. The molecule has 0 unspecified atom stereocenters. The monoisotopic (exact) mass is 424 g/mol. The van der Waals surface area contributed by atoms with Crippen LogP contribution in [0.25, 0.3) is 22.5 Å². The number of aryl methyl sites for hydroxylation is 1. The van der Waals surface area contributed by atoms with Crippen molar-refractivity contribution in [3.05, 3.63) is 107 Å². The fourth-order valence-corrected chi connectivity index (χ4v) is 4.65. The Morgan fingerprint density at radius 3 is 2.48 bits per heavy atom. The summed E-state index contributed by atoms with van der Waals surface area (Å²) in [6, 6.07) is 26.0. The van der Waals surface area contributed by atoms with Crippen molar-refractivity contribution < 1.29 is 9.59 Å². The van der Waals surface area contributed by atoms with Crippen LogP contribution >= 0.6 is 11.8 Å². The van der Waals surface area contributed by atoms with Crippen molar-refractivity contribution in [3.8, 4) is 5.69 Å². The molecule has 0 N–H and O–H groups in total. The zero-order chi connectivity index (χ0) is 21.4. The van der Waals surface area contributed by atoms with Crippen LogP contribution in [0.5, 0.6) is 0 Å². The first kappa shape index (κ1) is 19.4. The van der Waals surface area contributed by atoms with Crippen molar-refractivity contribution in [3.63, 3.8) is 0 Å². The number of aromatic nitrogens is 1. The van der Waals surface area contributed by atoms with Gasteiger partial charge in [0, 0.05) is 17.6 Å². The lowest BCUT2D eigenvalue weighted by atomic mass is 10.0. The molecule has 5 heteroatoms. The Labute approximate surface area is 184 Å². The van der Waals surface area contributed by atoms with E-state index in [4.69, 9.17) is 0 Å². The van der Waals surface area contributed by atoms with Gasteiger partial charge in [0.1, 0.15) is 0 Å². The molecule has 0 radical (unpaired) electrons. The van der Waals surface area contributed by atoms with E-state index in [1.165, 1.54) is 10.5 Å². The van der Waals surface area contributed by atoms with Crippen molar-refractivity contribution in [1.82, 2.24) is 9.47 Å². The Balaban J connectivity index is 1.44. The van der Waals surface area contributed by atoms with Gasteiger partial charge in [0.15, 0.2) is 0 Å². The molecule has 3 aromatic carbocycles. The average Bonchev–Trinajstić information content (AvgIpc) is 3.34. The van der Waals surface area contributed by atoms with E-state index in [1.807, 2.05) is 84.4 Å². The van der Waals surface area contributed by atoms with E-state index in [9.17, 15) is 9.59 Å². The molecule has 0 bridgehead atoms. The third-order valence-corrected chi connectivity index (χ3v) is 6.36. The van der Waals surface area contributed by atoms with Gasteiger partial charge in [-0.3, -0.25) is 14.5 Å². The van der Waals surface area contributed by atoms with E-state index in [0.29, 0.717) is 4.91 Å². The molecule has 5 rings (SSSR count). The third kappa shape index (κ3) is 3.68. The average molecular weight is 425 g/mol. The van der Waals surface area contributed by atoms with E-state index in [0.717, 1.165) is 39.5 Å². The summed E-state index contributed by atoms with van der Waals surface area (Å²) in [6.45, 7) is 2.31. The largest absolute Gasteiger partial charge is 0.317 e. The van der Waals surface area contributed by atoms with Crippen molar-refractivity contribution in [2.75, 3.05) is 0 Å². The van der Waals surface area contributed by atoms with Gasteiger partial charge in [-0.1, -0.05) is 60.2 Å². The molecule has 0 aliphatic carbocycles. The maximum absolute atomic E-state index is 13.1. The van der Waals surface area contributed by atoms with E-state index >= 15 is 0 Å². The minimum atomic E-state index is -0.250. The zero-order valence-corrected chi connectivity index (χ0v) is 17.8. The molecule has 1 aliphatic heterocycles. The van der Waals surface area contributed by atoms with E-state index in [1.54, 1.807) is 6.08 Å². The standard InChI is InChI=1S/C26H20N2O2S/c1-18-11-13-21(14-12-18)27-15-5-9-22(27)16-24-25(29)28(26(30)31-24)17-20-8-4-7-19-6-2-3-10-23(19)20/h2-16H,17H2,1H3/b24-16+. The number of thioether (sulfide) groups is 1. The Morgan fingerprint density at radius 1 is 0.871 bits per heavy atom. The number of carbonyl (C=O) groups excluding carboxylic acids is 2. The number of imide groups is 1. The molecule has 0 saturated carbocycles. The number of hydrogen-bond acceptors (Lipinski definition) is 3. The van der Waals surface area contributed by atoms with Gasteiger partial charge in [0.05, 0.1) is 11.4 Å². The van der Waals surface area contributed by atoms with Crippen LogP contribution in [-0.4, -0.2) is 20.6 Å². The van der Waals surface area contributed by atoms with Gasteiger partial charge in [-0.05, 0) is 65.4 Å². The number of benzene rings is 3. The van der Waals surface area contributed by atoms with Crippen molar-refractivity contribution >= 4 is 39.8 Å². The molecule has 2 amide bonds. The summed E-state index contributed by atoms with van der Waals surface area (Å²) in [6.07, 6.45) is 3.75. The molecule has 4 nitrogen and oxygen atoms in total. The molecule has 4 aromatic rings. The Kier molecular flexibility index (Phi) is 4.96. The van der Waals surface area contributed by atoms with Crippen LogP contribution in [-0.2, 0) is 11.3 Å². The highest BCUT2D eigenvalue weighted by molar-refractivity contribution is 8.18. The van der Waals surface area contributed by atoms with Crippen molar-refractivity contribution in [1.29, 1.82) is 0 Å². The maximum atomic E-state index is 13.1. The molecule has 2 heterocycles. The van der Waals surface area contributed by atoms with Crippen LogP contribution in [0.15, 0.2) is 90.0 Å². The zero-order valence-electron chi connectivity index (χ0n) is 17.0. The van der Waals surface area contributed by atoms with E-state index in [2.05, 4.69) is 12.1 Å². The number of rotatable bonds is 4. The van der Waals surface area contributed by atoms with Gasteiger partial charge >= 0.3 is 0 Å². The summed E-state index contributed by atoms with van der Waals surface area (Å²) in [5.74, 6) is -0.250. The maximum Gasteiger partial charge on any atom is 0.293 e. The highest BCUT2D eigenvalue weighted by atomic mass is 32.2. The molecular formula is C26H20N2O2S. The molecule has 1 fully saturated rings. The van der Waals surface area contributed by atoms with Crippen LogP contribution in [0.3, 0.4) is 0 Å². The van der Waals surface area contributed by atoms with E-state index in [-0.39, 0.29) is 17.7 Å². The SMILES string of the molecule is Cc1ccc(-n2cccc2/C=C2/SC(=O)N(Cc3cccc4ccccc34)C2=O)cc1. The van der Waals surface area contributed by atoms with Gasteiger partial charge in [0.2, 0.25) is 0 Å². The van der Waals surface area contributed by atoms with Gasteiger partial charge in [-0.25, -0.2) is 0 Å². The third-order valence-electron chi connectivity index (χ3n) is 5.45. The first-order valence-electron chi connectivity index (χ1n) is 10.1. The van der Waals surface area contributed by atoms with Crippen molar-refractivity contribution in [2.45, 2.75) is 13.5 Å². The minimum Gasteiger partial charge on any atom is -0.317 e. The molecule has 152 valence electrons. The summed E-state index contributed by atoms with van der Waals surface area (Å²) < 4.78 is 2.01. The molecular weight excluding hydrogens is 404 g/mol. The molecule has 31 heavy (non-hydrogen) atoms. The van der Waals surface area contributed by atoms with E-state index < -0.39 is 0 Å². The number of amides is 2. The first-order valence-corrected chi connectivity index (χ1v) is 10.9. The predicted octanol–water partition coefficient (Wildman–Crippen LogP) is 6.18. The highest BCUT2D eigenvalue weighted by Crippen LogP contribution is 2.34. The summed E-state index contributed by atoms with van der Waals surface area (Å²) in [5, 5.41) is 1.91. The lowest BCUT2D eigenvalue weighted by Gasteiger charge is -2.14. The first-order chi connectivity index (χ1) is 15.1. The number of hydrogen-bond donors (Lipinski definition) is 0. The molecule has 1 aromatic heterocycles. The van der Waals surface area contributed by atoms with Gasteiger partial charge in [-0.2, -0.15) is 0 Å². The molecule has 0 atom stereocenters. The fraction of sp³-hybridized carbons (Fsp3) is 0.0769. The second-order valence-corrected chi connectivity index (χ2v) is 8.54. The topological polar surface area (TPSA) is 42.3 Å². The Hall–Kier alpha value is -3.57. The van der Waals surface area contributed by atoms with Crippen LogP contribution in [0, 0.1) is 6.92 Å². The summed E-state index contributed by atoms with van der Waals surface area (Å²) in [7, 11) is 0. The van der Waals surface area contributed by atoms with Crippen LogP contribution in [0.4, 0.5) is 4.79 Å². The summed E-state index contributed by atoms with van der Waals surface area (Å²) in [5.41, 5.74) is 4.02. The van der Waals surface area contributed by atoms with Gasteiger partial charge in [0.25, 0.3) is 11.1 Å². The normalized spacial score (nSPS) is 15.4. The van der Waals surface area contributed by atoms with Gasteiger partial charge < -0.3 is 4.57 Å². The Bertz CT molecular complexity index is 1330. The minimum absolute atomic E-state index is 0.238. The van der Waals surface area contributed by atoms with Gasteiger partial charge in [-0.15, -0.1) is 0 Å². The Morgan fingerprint density at radius 2 is 1.65 bits per heavy atom. The van der Waals surface area contributed by atoms with Crippen LogP contribution in [0.2, 0.25) is 0 Å². The van der Waals surface area contributed by atoms with Crippen LogP contribution < -0.4 is 0 Å². The summed E-state index contributed by atoms with van der Waals surface area (Å²) >= 11 is 0.996. The molecule has 0 spiro atoms. The van der Waals surface area contributed by atoms with Crippen molar-refractivity contribution in [2.24, 2.45) is 0 Å². The number of carbonyl (C=O) groups is 2. The smallest absolute Gasteiger partial charge is 0.293 e. The number of nitrogens with zero attached hydrogens (tertiary/aromatic N) is 2. The number of fused-ring (bicyclic) bond motifs is 1.